The summed E-state index contributed by atoms with van der Waals surface area (Å²) in [6.45, 7) is 3.04. The van der Waals surface area contributed by atoms with Crippen molar-refractivity contribution in [3.63, 3.8) is 0 Å². The van der Waals surface area contributed by atoms with Crippen molar-refractivity contribution in [3.8, 4) is 22.9 Å². The minimum Gasteiger partial charge on any atom is -0.496 e. The summed E-state index contributed by atoms with van der Waals surface area (Å²) in [6.07, 6.45) is 0. The van der Waals surface area contributed by atoms with Crippen molar-refractivity contribution < 1.29 is 9.47 Å². The zero-order chi connectivity index (χ0) is 22.7. The van der Waals surface area contributed by atoms with Crippen LogP contribution in [0.4, 0.5) is 5.82 Å². The molecule has 0 saturated heterocycles. The molecule has 1 unspecified atom stereocenters. The van der Waals surface area contributed by atoms with E-state index in [1.165, 1.54) is 21.6 Å². The number of benzene rings is 2. The Balaban J connectivity index is 1.64. The molecule has 1 radical (unpaired) electrons. The lowest BCUT2D eigenvalue weighted by molar-refractivity contribution is 0.382. The fraction of sp³-hybridized carbons (Fsp3) is 0.280. The molecule has 0 amide bonds. The van der Waals surface area contributed by atoms with Crippen LogP contribution in [-0.4, -0.2) is 43.2 Å². The van der Waals surface area contributed by atoms with Crippen molar-refractivity contribution in [2.45, 2.75) is 19.5 Å². The van der Waals surface area contributed by atoms with E-state index in [1.54, 1.807) is 31.6 Å². The first-order valence-corrected chi connectivity index (χ1v) is 11.3. The zero-order valence-electron chi connectivity index (χ0n) is 19.0. The molecule has 0 saturated carbocycles. The second-order valence-corrected chi connectivity index (χ2v) is 8.80. The van der Waals surface area contributed by atoms with E-state index in [0.29, 0.717) is 17.6 Å². The zero-order valence-corrected chi connectivity index (χ0v) is 19.8. The minimum atomic E-state index is 0.0488. The Bertz CT molecular complexity index is 1220. The molecule has 165 valence electrons. The maximum absolute atomic E-state index is 5.34. The fourth-order valence-corrected chi connectivity index (χ4v) is 4.54. The average molecular weight is 448 g/mol. The Morgan fingerprint density at radius 1 is 1.12 bits per heavy atom. The highest BCUT2D eigenvalue weighted by molar-refractivity contribution is 7.10. The lowest BCUT2D eigenvalue weighted by Gasteiger charge is -2.16. The van der Waals surface area contributed by atoms with Crippen molar-refractivity contribution >= 4 is 28.1 Å². The second kappa shape index (κ2) is 9.54. The van der Waals surface area contributed by atoms with E-state index in [1.807, 2.05) is 6.07 Å². The SMILES string of the molecule is COc1[c]cc2nc(OC)nc(NC(C)c3cc(-c4ccccc4CN(C)C)cs3)c2c1. The van der Waals surface area contributed by atoms with Crippen LogP contribution in [0.15, 0.2) is 47.8 Å². The number of aromatic nitrogens is 2. The Labute approximate surface area is 192 Å². The predicted octanol–water partition coefficient (Wildman–Crippen LogP) is 5.41. The van der Waals surface area contributed by atoms with Gasteiger partial charge in [0.2, 0.25) is 0 Å². The molecule has 0 aliphatic heterocycles. The first kappa shape index (κ1) is 22.0. The smallest absolute Gasteiger partial charge is 0.318 e. The van der Waals surface area contributed by atoms with Crippen LogP contribution in [0.3, 0.4) is 0 Å². The van der Waals surface area contributed by atoms with Crippen LogP contribution in [0.2, 0.25) is 0 Å². The van der Waals surface area contributed by atoms with Gasteiger partial charge in [-0.3, -0.25) is 0 Å². The molecule has 1 atom stereocenters. The van der Waals surface area contributed by atoms with Crippen LogP contribution in [0.1, 0.15) is 23.4 Å². The van der Waals surface area contributed by atoms with E-state index >= 15 is 0 Å². The van der Waals surface area contributed by atoms with E-state index in [-0.39, 0.29) is 6.04 Å². The molecule has 32 heavy (non-hydrogen) atoms. The highest BCUT2D eigenvalue weighted by Crippen LogP contribution is 2.34. The molecule has 4 rings (SSSR count). The van der Waals surface area contributed by atoms with Crippen LogP contribution in [0.5, 0.6) is 11.8 Å². The Kier molecular flexibility index (Phi) is 6.58. The van der Waals surface area contributed by atoms with Gasteiger partial charge in [-0.05, 0) is 61.3 Å². The molecule has 0 fully saturated rings. The number of nitrogens with one attached hydrogen (secondary N) is 1. The summed E-state index contributed by atoms with van der Waals surface area (Å²) < 4.78 is 10.6. The Morgan fingerprint density at radius 3 is 2.69 bits per heavy atom. The number of thiophene rings is 1. The number of anilines is 1. The molecule has 7 heteroatoms. The Hall–Kier alpha value is -3.16. The van der Waals surface area contributed by atoms with Crippen LogP contribution in [0, 0.1) is 6.07 Å². The molecule has 2 heterocycles. The van der Waals surface area contributed by atoms with Crippen LogP contribution < -0.4 is 14.8 Å². The normalized spacial score (nSPS) is 12.2. The first-order valence-electron chi connectivity index (χ1n) is 10.4. The van der Waals surface area contributed by atoms with Gasteiger partial charge in [0.25, 0.3) is 0 Å². The lowest BCUT2D eigenvalue weighted by Crippen LogP contribution is -2.11. The van der Waals surface area contributed by atoms with Crippen LogP contribution >= 0.6 is 11.3 Å². The van der Waals surface area contributed by atoms with Gasteiger partial charge in [-0.1, -0.05) is 24.3 Å². The monoisotopic (exact) mass is 447 g/mol. The maximum atomic E-state index is 5.34. The molecule has 4 aromatic rings. The van der Waals surface area contributed by atoms with Crippen molar-refractivity contribution in [2.75, 3.05) is 33.6 Å². The number of hydrogen-bond acceptors (Lipinski definition) is 7. The topological polar surface area (TPSA) is 59.5 Å². The summed E-state index contributed by atoms with van der Waals surface area (Å²) in [7, 11) is 7.38. The van der Waals surface area contributed by atoms with Crippen molar-refractivity contribution in [3.05, 3.63) is 64.4 Å². The van der Waals surface area contributed by atoms with Gasteiger partial charge >= 0.3 is 6.01 Å². The third-order valence-corrected chi connectivity index (χ3v) is 6.31. The largest absolute Gasteiger partial charge is 0.496 e. The maximum Gasteiger partial charge on any atom is 0.318 e. The van der Waals surface area contributed by atoms with Gasteiger partial charge in [-0.15, -0.1) is 11.3 Å². The molecular formula is C25H27N4O2S. The van der Waals surface area contributed by atoms with Crippen LogP contribution in [-0.2, 0) is 6.54 Å². The standard InChI is InChI=1S/C25H27N4O2S/c1-16(23-12-18(15-32-23)20-9-7-6-8-17(20)14-29(2)3)26-24-21-13-19(30-4)10-11-22(21)27-25(28-24)31-5/h6-9,11-13,15-16H,14H2,1-5H3,(H,26,27,28). The average Bonchev–Trinajstić information content (AvgIpc) is 3.29. The second-order valence-electron chi connectivity index (χ2n) is 7.86. The van der Waals surface area contributed by atoms with Crippen LogP contribution in [0.25, 0.3) is 22.0 Å². The number of hydrogen-bond donors (Lipinski definition) is 1. The summed E-state index contributed by atoms with van der Waals surface area (Å²) in [4.78, 5) is 12.4. The van der Waals surface area contributed by atoms with Gasteiger partial charge in [-0.25, -0.2) is 0 Å². The molecule has 6 nitrogen and oxygen atoms in total. The molecule has 1 N–H and O–H groups in total. The number of nitrogens with zero attached hydrogens (tertiary/aromatic N) is 3. The Morgan fingerprint density at radius 2 is 1.94 bits per heavy atom. The minimum absolute atomic E-state index is 0.0488. The summed E-state index contributed by atoms with van der Waals surface area (Å²) >= 11 is 1.74. The first-order chi connectivity index (χ1) is 15.5. The molecule has 0 aliphatic rings. The molecule has 0 aliphatic carbocycles. The van der Waals surface area contributed by atoms with E-state index in [0.717, 1.165) is 17.4 Å². The van der Waals surface area contributed by atoms with Gasteiger partial charge in [-0.2, -0.15) is 9.97 Å². The number of fused-ring (bicyclic) bond motifs is 1. The number of methoxy groups -OCH3 is 2. The van der Waals surface area contributed by atoms with Gasteiger partial charge in [0.15, 0.2) is 0 Å². The fourth-order valence-electron chi connectivity index (χ4n) is 3.63. The van der Waals surface area contributed by atoms with Crippen molar-refractivity contribution in [2.24, 2.45) is 0 Å². The third kappa shape index (κ3) is 4.69. The molecule has 0 spiro atoms. The van der Waals surface area contributed by atoms with E-state index < -0.39 is 0 Å². The van der Waals surface area contributed by atoms with E-state index in [9.17, 15) is 0 Å². The van der Waals surface area contributed by atoms with E-state index in [4.69, 9.17) is 9.47 Å². The summed E-state index contributed by atoms with van der Waals surface area (Å²) in [6, 6.07) is 17.9. The highest BCUT2D eigenvalue weighted by atomic mass is 32.1. The molecule has 0 bridgehead atoms. The van der Waals surface area contributed by atoms with Gasteiger partial charge in [0.05, 0.1) is 25.8 Å². The lowest BCUT2D eigenvalue weighted by atomic mass is 10.0. The van der Waals surface area contributed by atoms with Gasteiger partial charge in [0, 0.05) is 22.9 Å². The summed E-state index contributed by atoms with van der Waals surface area (Å²) in [5, 5.41) is 6.62. The summed E-state index contributed by atoms with van der Waals surface area (Å²) in [5.41, 5.74) is 4.57. The van der Waals surface area contributed by atoms with Crippen molar-refractivity contribution in [1.82, 2.24) is 14.9 Å². The van der Waals surface area contributed by atoms with E-state index in [2.05, 4.69) is 83.0 Å². The quantitative estimate of drug-likeness (QED) is 0.390. The van der Waals surface area contributed by atoms with Gasteiger partial charge < -0.3 is 19.7 Å². The molecular weight excluding hydrogens is 420 g/mol. The number of rotatable bonds is 8. The number of ether oxygens (including phenoxy) is 2. The summed E-state index contributed by atoms with van der Waals surface area (Å²) in [5.74, 6) is 1.34. The highest BCUT2D eigenvalue weighted by Gasteiger charge is 2.16. The van der Waals surface area contributed by atoms with Crippen molar-refractivity contribution in [1.29, 1.82) is 0 Å². The molecule has 2 aromatic heterocycles. The van der Waals surface area contributed by atoms with Gasteiger partial charge in [0.1, 0.15) is 11.6 Å². The molecule has 2 aromatic carbocycles. The third-order valence-electron chi connectivity index (χ3n) is 5.20. The predicted molar refractivity (Wildman–Crippen MR) is 131 cm³/mol.